The van der Waals surface area contributed by atoms with E-state index in [0.29, 0.717) is 16.6 Å². The van der Waals surface area contributed by atoms with Gasteiger partial charge >= 0.3 is 0 Å². The van der Waals surface area contributed by atoms with Crippen LogP contribution in [0, 0.1) is 12.7 Å². The van der Waals surface area contributed by atoms with E-state index >= 15 is 0 Å². The lowest BCUT2D eigenvalue weighted by Crippen LogP contribution is -2.10. The molecule has 3 nitrogen and oxygen atoms in total. The Kier molecular flexibility index (Phi) is 4.75. The van der Waals surface area contributed by atoms with Crippen LogP contribution in [0.5, 0.6) is 0 Å². The van der Waals surface area contributed by atoms with Crippen molar-refractivity contribution in [2.24, 2.45) is 0 Å². The fourth-order valence-electron chi connectivity index (χ4n) is 2.00. The number of hydrogen-bond acceptors (Lipinski definition) is 2. The zero-order valence-corrected chi connectivity index (χ0v) is 14.3. The minimum atomic E-state index is -0.371. The molecule has 0 fully saturated rings. The number of ketones is 1. The zero-order valence-electron chi connectivity index (χ0n) is 11.1. The van der Waals surface area contributed by atoms with Crippen LogP contribution in [0.2, 0.25) is 0 Å². The molecule has 0 spiro atoms. The summed E-state index contributed by atoms with van der Waals surface area (Å²) in [5.74, 6) is -0.448. The number of benzene rings is 1. The molecule has 2 aromatic rings. The Morgan fingerprint density at radius 2 is 2.10 bits per heavy atom. The van der Waals surface area contributed by atoms with Crippen molar-refractivity contribution >= 4 is 37.6 Å². The van der Waals surface area contributed by atoms with Crippen molar-refractivity contribution in [1.82, 2.24) is 9.78 Å². The normalized spacial score (nSPS) is 10.8. The smallest absolute Gasteiger partial charge is 0.169 e. The first kappa shape index (κ1) is 15.4. The first-order valence-electron chi connectivity index (χ1n) is 6.14. The lowest BCUT2D eigenvalue weighted by atomic mass is 10.1. The van der Waals surface area contributed by atoms with E-state index in [1.54, 1.807) is 4.68 Å². The number of Topliss-reactive ketones (excluding diaryl/α,β-unsaturated/α-hetero) is 1. The molecule has 1 aromatic carbocycles. The summed E-state index contributed by atoms with van der Waals surface area (Å²) in [5.41, 5.74) is 2.17. The maximum absolute atomic E-state index is 13.1. The average Bonchev–Trinajstić information content (AvgIpc) is 2.66. The summed E-state index contributed by atoms with van der Waals surface area (Å²) >= 11 is 6.69. The van der Waals surface area contributed by atoms with Gasteiger partial charge in [-0.2, -0.15) is 5.10 Å². The molecule has 0 radical (unpaired) electrons. The van der Waals surface area contributed by atoms with Crippen LogP contribution < -0.4 is 0 Å². The third-order valence-electron chi connectivity index (χ3n) is 3.01. The number of carbonyl (C=O) groups excluding carboxylic acids is 1. The first-order valence-corrected chi connectivity index (χ1v) is 7.72. The quantitative estimate of drug-likeness (QED) is 0.713. The second-order valence-electron chi connectivity index (χ2n) is 4.39. The molecule has 106 valence electrons. The molecule has 1 aromatic heterocycles. The number of halogens is 3. The Hall–Kier alpha value is -1.01. The van der Waals surface area contributed by atoms with Gasteiger partial charge in [0.1, 0.15) is 5.82 Å². The van der Waals surface area contributed by atoms with Gasteiger partial charge in [-0.1, -0.05) is 0 Å². The van der Waals surface area contributed by atoms with Crippen molar-refractivity contribution in [3.8, 4) is 0 Å². The van der Waals surface area contributed by atoms with E-state index in [2.05, 4.69) is 37.0 Å². The lowest BCUT2D eigenvalue weighted by molar-refractivity contribution is 0.0989. The highest BCUT2D eigenvalue weighted by Crippen LogP contribution is 2.25. The van der Waals surface area contributed by atoms with Crippen LogP contribution in [-0.4, -0.2) is 15.6 Å². The Balaban J connectivity index is 2.32. The minimum absolute atomic E-state index is 0.0767. The van der Waals surface area contributed by atoms with Crippen LogP contribution in [0.3, 0.4) is 0 Å². The molecule has 0 aliphatic rings. The predicted molar refractivity (Wildman–Crippen MR) is 82.5 cm³/mol. The lowest BCUT2D eigenvalue weighted by Gasteiger charge is -2.07. The minimum Gasteiger partial charge on any atom is -0.294 e. The molecule has 20 heavy (non-hydrogen) atoms. The molecular weight excluding hydrogens is 391 g/mol. The van der Waals surface area contributed by atoms with E-state index in [1.165, 1.54) is 18.2 Å². The Morgan fingerprint density at radius 1 is 1.40 bits per heavy atom. The number of aromatic nitrogens is 2. The average molecular weight is 404 g/mol. The number of hydrogen-bond donors (Lipinski definition) is 0. The molecule has 0 unspecified atom stereocenters. The number of nitrogens with zero attached hydrogens (tertiary/aromatic N) is 2. The molecule has 6 heteroatoms. The van der Waals surface area contributed by atoms with Crippen molar-refractivity contribution < 1.29 is 9.18 Å². The molecule has 0 bridgehead atoms. The van der Waals surface area contributed by atoms with E-state index in [0.717, 1.165) is 15.9 Å². The van der Waals surface area contributed by atoms with Gasteiger partial charge in [0.05, 0.1) is 22.3 Å². The summed E-state index contributed by atoms with van der Waals surface area (Å²) in [5, 5.41) is 4.36. The van der Waals surface area contributed by atoms with Gasteiger partial charge in [-0.3, -0.25) is 9.48 Å². The van der Waals surface area contributed by atoms with Crippen molar-refractivity contribution in [3.63, 3.8) is 0 Å². The third kappa shape index (κ3) is 3.01. The van der Waals surface area contributed by atoms with E-state index in [4.69, 9.17) is 0 Å². The first-order chi connectivity index (χ1) is 9.43. The van der Waals surface area contributed by atoms with Crippen LogP contribution in [0.15, 0.2) is 27.1 Å². The fraction of sp³-hybridized carbons (Fsp3) is 0.286. The summed E-state index contributed by atoms with van der Waals surface area (Å²) in [7, 11) is 0. The van der Waals surface area contributed by atoms with Gasteiger partial charge in [0, 0.05) is 16.6 Å². The molecule has 0 amide bonds. The second-order valence-corrected chi connectivity index (χ2v) is 6.03. The summed E-state index contributed by atoms with van der Waals surface area (Å²) in [6, 6.07) is 4.08. The number of aryl methyl sites for hydroxylation is 2. The predicted octanol–water partition coefficient (Wildman–Crippen LogP) is 4.30. The summed E-state index contributed by atoms with van der Waals surface area (Å²) in [6.07, 6.45) is 0.222. The molecular formula is C14H13Br2FN2O. The monoisotopic (exact) mass is 402 g/mol. The largest absolute Gasteiger partial charge is 0.294 e. The highest BCUT2D eigenvalue weighted by molar-refractivity contribution is 9.10. The Labute approximate surface area is 133 Å². The fourth-order valence-corrected chi connectivity index (χ4v) is 3.00. The maximum atomic E-state index is 13.1. The third-order valence-corrected chi connectivity index (χ3v) is 4.70. The van der Waals surface area contributed by atoms with Crippen molar-refractivity contribution in [1.29, 1.82) is 0 Å². The van der Waals surface area contributed by atoms with Gasteiger partial charge in [-0.05, 0) is 63.9 Å². The SMILES string of the molecule is CCn1nc(C)c(Br)c1CC(=O)c1ccc(F)cc1Br. The summed E-state index contributed by atoms with van der Waals surface area (Å²) in [4.78, 5) is 12.4. The topological polar surface area (TPSA) is 34.9 Å². The summed E-state index contributed by atoms with van der Waals surface area (Å²) in [6.45, 7) is 4.55. The second kappa shape index (κ2) is 6.18. The Morgan fingerprint density at radius 3 is 2.70 bits per heavy atom. The van der Waals surface area contributed by atoms with E-state index in [9.17, 15) is 9.18 Å². The highest BCUT2D eigenvalue weighted by atomic mass is 79.9. The van der Waals surface area contributed by atoms with Gasteiger partial charge in [-0.25, -0.2) is 4.39 Å². The van der Waals surface area contributed by atoms with Gasteiger partial charge in [0.25, 0.3) is 0 Å². The molecule has 1 heterocycles. The molecule has 0 atom stereocenters. The number of carbonyl (C=O) groups is 1. The standard InChI is InChI=1S/C14H13Br2FN2O/c1-3-19-12(14(16)8(2)18-19)7-13(20)10-5-4-9(17)6-11(10)15/h4-6H,3,7H2,1-2H3. The van der Waals surface area contributed by atoms with Gasteiger partial charge in [0.2, 0.25) is 0 Å². The molecule has 0 saturated carbocycles. The van der Waals surface area contributed by atoms with Crippen LogP contribution >= 0.6 is 31.9 Å². The van der Waals surface area contributed by atoms with Crippen LogP contribution in [0.4, 0.5) is 4.39 Å². The van der Waals surface area contributed by atoms with Crippen LogP contribution in [0.1, 0.15) is 28.7 Å². The van der Waals surface area contributed by atoms with Crippen LogP contribution in [-0.2, 0) is 13.0 Å². The van der Waals surface area contributed by atoms with Crippen LogP contribution in [0.25, 0.3) is 0 Å². The van der Waals surface area contributed by atoms with Crippen molar-refractivity contribution in [2.45, 2.75) is 26.8 Å². The Bertz CT molecular complexity index is 667. The maximum Gasteiger partial charge on any atom is 0.169 e. The number of rotatable bonds is 4. The molecule has 0 aliphatic heterocycles. The van der Waals surface area contributed by atoms with E-state index < -0.39 is 0 Å². The molecule has 0 N–H and O–H groups in total. The zero-order chi connectivity index (χ0) is 14.9. The van der Waals surface area contributed by atoms with E-state index in [-0.39, 0.29) is 18.0 Å². The highest BCUT2D eigenvalue weighted by Gasteiger charge is 2.18. The molecule has 0 aliphatic carbocycles. The van der Waals surface area contributed by atoms with E-state index in [1.807, 2.05) is 13.8 Å². The van der Waals surface area contributed by atoms with Gasteiger partial charge in [0.15, 0.2) is 5.78 Å². The van der Waals surface area contributed by atoms with Crippen molar-refractivity contribution in [3.05, 3.63) is 49.9 Å². The van der Waals surface area contributed by atoms with Gasteiger partial charge in [-0.15, -0.1) is 0 Å². The molecule has 0 saturated heterocycles. The van der Waals surface area contributed by atoms with Crippen molar-refractivity contribution in [2.75, 3.05) is 0 Å². The molecule has 2 rings (SSSR count). The van der Waals surface area contributed by atoms with Gasteiger partial charge < -0.3 is 0 Å². The summed E-state index contributed by atoms with van der Waals surface area (Å²) < 4.78 is 16.2.